The third kappa shape index (κ3) is 3.75. The van der Waals surface area contributed by atoms with Crippen molar-refractivity contribution in [1.82, 2.24) is 0 Å². The van der Waals surface area contributed by atoms with E-state index in [0.717, 1.165) is 0 Å². The lowest BCUT2D eigenvalue weighted by Crippen LogP contribution is -2.06. The number of phenols is 1. The highest BCUT2D eigenvalue weighted by Gasteiger charge is 2.20. The van der Waals surface area contributed by atoms with E-state index in [0.29, 0.717) is 32.9 Å². The summed E-state index contributed by atoms with van der Waals surface area (Å²) >= 11 is 12.2. The van der Waals surface area contributed by atoms with Crippen LogP contribution in [0.25, 0.3) is 22.1 Å². The number of fused-ring (bicyclic) bond motifs is 1. The molecule has 1 N–H and O–H groups in total. The second kappa shape index (κ2) is 7.70. The number of aromatic hydroxyl groups is 1. The average Bonchev–Trinajstić information content (AvgIpc) is 2.70. The predicted molar refractivity (Wildman–Crippen MR) is 113 cm³/mol. The van der Waals surface area contributed by atoms with Gasteiger partial charge in [0.05, 0.1) is 12.1 Å². The first-order valence-corrected chi connectivity index (χ1v) is 9.29. The number of phenolic OH excluding ortho intramolecular Hbond substituents is 1. The first-order chi connectivity index (χ1) is 14.0. The number of benzene rings is 3. The van der Waals surface area contributed by atoms with E-state index in [1.165, 1.54) is 25.3 Å². The van der Waals surface area contributed by atoms with Gasteiger partial charge in [-0.2, -0.15) is 0 Å². The maximum Gasteiger partial charge on any atom is 0.380 e. The summed E-state index contributed by atoms with van der Waals surface area (Å²) in [6, 6.07) is 16.3. The Morgan fingerprint density at radius 1 is 0.966 bits per heavy atom. The Morgan fingerprint density at radius 2 is 1.72 bits per heavy atom. The molecule has 4 aromatic rings. The summed E-state index contributed by atoms with van der Waals surface area (Å²) < 4.78 is 16.6. The Balaban J connectivity index is 1.99. The van der Waals surface area contributed by atoms with Gasteiger partial charge >= 0.3 is 5.63 Å². The van der Waals surface area contributed by atoms with Gasteiger partial charge in [0.15, 0.2) is 0 Å². The second-order valence-corrected chi connectivity index (χ2v) is 7.02. The third-order valence-electron chi connectivity index (χ3n) is 4.34. The number of hydrogen-bond donors (Lipinski definition) is 1. The topological polar surface area (TPSA) is 68.9 Å². The van der Waals surface area contributed by atoms with Crippen LogP contribution in [-0.4, -0.2) is 12.2 Å². The SMILES string of the molecule is COc1ccc2c(-c3ccc(O)cc3)c(Oc3ccc(Cl)cc3Cl)c(=O)oc2c1. The Morgan fingerprint density at radius 3 is 2.41 bits per heavy atom. The Kier molecular flexibility index (Phi) is 5.09. The molecule has 0 radical (unpaired) electrons. The van der Waals surface area contributed by atoms with Gasteiger partial charge in [-0.15, -0.1) is 0 Å². The molecule has 0 amide bonds. The summed E-state index contributed by atoms with van der Waals surface area (Å²) in [6.07, 6.45) is 0. The van der Waals surface area contributed by atoms with Crippen molar-refractivity contribution in [3.63, 3.8) is 0 Å². The normalized spacial score (nSPS) is 10.9. The molecule has 0 bridgehead atoms. The van der Waals surface area contributed by atoms with Crippen molar-refractivity contribution in [1.29, 1.82) is 0 Å². The molecule has 0 aliphatic carbocycles. The van der Waals surface area contributed by atoms with E-state index >= 15 is 0 Å². The fourth-order valence-corrected chi connectivity index (χ4v) is 3.41. The first-order valence-electron chi connectivity index (χ1n) is 8.53. The molecule has 1 heterocycles. The highest BCUT2D eigenvalue weighted by Crippen LogP contribution is 2.40. The van der Waals surface area contributed by atoms with Crippen molar-refractivity contribution >= 4 is 34.2 Å². The molecule has 4 rings (SSSR count). The number of methoxy groups -OCH3 is 1. The van der Waals surface area contributed by atoms with Gasteiger partial charge in [0.2, 0.25) is 5.75 Å². The summed E-state index contributed by atoms with van der Waals surface area (Å²) in [5, 5.41) is 11.0. The minimum absolute atomic E-state index is 0.0300. The fourth-order valence-electron chi connectivity index (χ4n) is 2.97. The van der Waals surface area contributed by atoms with E-state index in [2.05, 4.69) is 0 Å². The van der Waals surface area contributed by atoms with Crippen LogP contribution >= 0.6 is 23.2 Å². The highest BCUT2D eigenvalue weighted by molar-refractivity contribution is 6.35. The number of ether oxygens (including phenoxy) is 2. The van der Waals surface area contributed by atoms with Crippen molar-refractivity contribution < 1.29 is 19.0 Å². The van der Waals surface area contributed by atoms with Crippen LogP contribution in [0.15, 0.2) is 69.9 Å². The van der Waals surface area contributed by atoms with Gasteiger partial charge in [0.25, 0.3) is 0 Å². The van der Waals surface area contributed by atoms with Crippen LogP contribution in [0.5, 0.6) is 23.0 Å². The molecule has 0 aliphatic heterocycles. The number of rotatable bonds is 4. The summed E-state index contributed by atoms with van der Waals surface area (Å²) in [7, 11) is 1.53. The first kappa shape index (κ1) is 19.2. The van der Waals surface area contributed by atoms with Gasteiger partial charge in [-0.3, -0.25) is 0 Å². The monoisotopic (exact) mass is 428 g/mol. The molecule has 7 heteroatoms. The van der Waals surface area contributed by atoms with Gasteiger partial charge < -0.3 is 19.0 Å². The molecule has 0 atom stereocenters. The Hall–Kier alpha value is -3.15. The van der Waals surface area contributed by atoms with Crippen molar-refractivity contribution in [2.75, 3.05) is 7.11 Å². The van der Waals surface area contributed by atoms with Crippen molar-refractivity contribution in [3.8, 4) is 34.1 Å². The van der Waals surface area contributed by atoms with E-state index in [4.69, 9.17) is 37.1 Å². The zero-order chi connectivity index (χ0) is 20.5. The molecule has 0 aliphatic rings. The molecule has 29 heavy (non-hydrogen) atoms. The summed E-state index contributed by atoms with van der Waals surface area (Å²) in [5.41, 5.74) is 0.822. The lowest BCUT2D eigenvalue weighted by Gasteiger charge is -2.14. The standard InChI is InChI=1S/C22H14Cl2O5/c1-27-15-7-8-16-19(11-15)29-22(26)21(20(16)12-2-5-14(25)6-3-12)28-18-9-4-13(23)10-17(18)24/h2-11,25H,1H3. The molecule has 3 aromatic carbocycles. The fraction of sp³-hybridized carbons (Fsp3) is 0.0455. The second-order valence-electron chi connectivity index (χ2n) is 6.18. The molecule has 0 fully saturated rings. The van der Waals surface area contributed by atoms with E-state index in [-0.39, 0.29) is 22.3 Å². The minimum atomic E-state index is -0.681. The smallest absolute Gasteiger partial charge is 0.380 e. The van der Waals surface area contributed by atoms with Gasteiger partial charge in [0.1, 0.15) is 22.8 Å². The predicted octanol–water partition coefficient (Wildman–Crippen LogP) is 6.27. The number of hydrogen-bond acceptors (Lipinski definition) is 5. The van der Waals surface area contributed by atoms with Gasteiger partial charge in [-0.25, -0.2) is 4.79 Å². The van der Waals surface area contributed by atoms with Crippen LogP contribution in [0.3, 0.4) is 0 Å². The van der Waals surface area contributed by atoms with E-state index < -0.39 is 5.63 Å². The largest absolute Gasteiger partial charge is 0.508 e. The van der Waals surface area contributed by atoms with Gasteiger partial charge in [-0.1, -0.05) is 35.3 Å². The molecule has 0 spiro atoms. The molecule has 0 saturated carbocycles. The average molecular weight is 429 g/mol. The quantitative estimate of drug-likeness (QED) is 0.387. The minimum Gasteiger partial charge on any atom is -0.508 e. The Bertz CT molecular complexity index is 1260. The zero-order valence-corrected chi connectivity index (χ0v) is 16.6. The van der Waals surface area contributed by atoms with Crippen LogP contribution in [0, 0.1) is 0 Å². The molecule has 146 valence electrons. The van der Waals surface area contributed by atoms with Gasteiger partial charge in [0, 0.05) is 22.0 Å². The Labute approximate surface area is 175 Å². The summed E-state index contributed by atoms with van der Waals surface area (Å²) in [5.74, 6) is 0.881. The zero-order valence-electron chi connectivity index (χ0n) is 15.1. The number of halogens is 2. The summed E-state index contributed by atoms with van der Waals surface area (Å²) in [6.45, 7) is 0. The molecule has 5 nitrogen and oxygen atoms in total. The molecular weight excluding hydrogens is 415 g/mol. The van der Waals surface area contributed by atoms with Gasteiger partial charge in [-0.05, 0) is 48.0 Å². The van der Waals surface area contributed by atoms with Crippen molar-refractivity contribution in [3.05, 3.63) is 81.1 Å². The van der Waals surface area contributed by atoms with Crippen LogP contribution in [0.2, 0.25) is 10.0 Å². The molecule has 1 aromatic heterocycles. The van der Waals surface area contributed by atoms with Crippen LogP contribution < -0.4 is 15.1 Å². The third-order valence-corrected chi connectivity index (χ3v) is 4.87. The van der Waals surface area contributed by atoms with Crippen molar-refractivity contribution in [2.24, 2.45) is 0 Å². The van der Waals surface area contributed by atoms with Crippen LogP contribution in [0.4, 0.5) is 0 Å². The summed E-state index contributed by atoms with van der Waals surface area (Å²) in [4.78, 5) is 12.8. The van der Waals surface area contributed by atoms with Crippen LogP contribution in [-0.2, 0) is 0 Å². The maximum absolute atomic E-state index is 12.8. The molecule has 0 unspecified atom stereocenters. The van der Waals surface area contributed by atoms with E-state index in [1.54, 1.807) is 42.5 Å². The lowest BCUT2D eigenvalue weighted by molar-refractivity contribution is 0.412. The van der Waals surface area contributed by atoms with E-state index in [9.17, 15) is 9.90 Å². The molecule has 0 saturated heterocycles. The highest BCUT2D eigenvalue weighted by atomic mass is 35.5. The molecular formula is C22H14Cl2O5. The van der Waals surface area contributed by atoms with E-state index in [1.807, 2.05) is 0 Å². The lowest BCUT2D eigenvalue weighted by atomic mass is 10.0. The maximum atomic E-state index is 12.8. The van der Waals surface area contributed by atoms with Crippen LogP contribution in [0.1, 0.15) is 0 Å². The van der Waals surface area contributed by atoms with Crippen molar-refractivity contribution in [2.45, 2.75) is 0 Å².